The van der Waals surface area contributed by atoms with Crippen LogP contribution in [0.1, 0.15) is 50.6 Å². The van der Waals surface area contributed by atoms with Gasteiger partial charge in [-0.15, -0.1) is 0 Å². The van der Waals surface area contributed by atoms with Gasteiger partial charge in [0.05, 0.1) is 22.4 Å². The Hall–Kier alpha value is -1.29. The van der Waals surface area contributed by atoms with Crippen molar-refractivity contribution < 1.29 is 0 Å². The molecule has 114 valence electrons. The fourth-order valence-corrected chi connectivity index (χ4v) is 3.06. The third-order valence-corrected chi connectivity index (χ3v) is 4.65. The quantitative estimate of drug-likeness (QED) is 0.798. The van der Waals surface area contributed by atoms with Gasteiger partial charge in [0.15, 0.2) is 0 Å². The molecule has 0 saturated carbocycles. The molecule has 0 unspecified atom stereocenters. The number of hydrogen-bond donors (Lipinski definition) is 1. The largest absolute Gasteiger partial charge is 0.379 e. The van der Waals surface area contributed by atoms with Crippen LogP contribution in [0.15, 0.2) is 28.7 Å². The molecule has 4 heteroatoms. The van der Waals surface area contributed by atoms with Gasteiger partial charge in [-0.25, -0.2) is 0 Å². The Bertz CT molecular complexity index is 585. The number of hydrogen-bond acceptors (Lipinski definition) is 2. The molecule has 0 atom stereocenters. The second-order valence-corrected chi connectivity index (χ2v) is 6.30. The Morgan fingerprint density at radius 1 is 1.19 bits per heavy atom. The maximum absolute atomic E-state index is 4.63. The third kappa shape index (κ3) is 3.67. The maximum Gasteiger partial charge on any atom is 0.0767 e. The van der Waals surface area contributed by atoms with E-state index in [-0.39, 0.29) is 0 Å². The number of nitrogens with zero attached hydrogens (tertiary/aromatic N) is 2. The Labute approximate surface area is 135 Å². The van der Waals surface area contributed by atoms with Crippen LogP contribution in [0.3, 0.4) is 0 Å². The van der Waals surface area contributed by atoms with E-state index in [1.54, 1.807) is 0 Å². The molecule has 0 saturated heterocycles. The van der Waals surface area contributed by atoms with Gasteiger partial charge < -0.3 is 5.32 Å². The monoisotopic (exact) mass is 349 g/mol. The minimum atomic E-state index is 0.571. The summed E-state index contributed by atoms with van der Waals surface area (Å²) in [5, 5.41) is 8.12. The maximum atomic E-state index is 4.63. The average molecular weight is 350 g/mol. The van der Waals surface area contributed by atoms with Crippen LogP contribution in [0.25, 0.3) is 0 Å². The molecule has 0 bridgehead atoms. The first-order valence-electron chi connectivity index (χ1n) is 7.64. The fraction of sp³-hybridized carbons (Fsp3) is 0.471. The molecule has 0 aliphatic carbocycles. The zero-order valence-electron chi connectivity index (χ0n) is 13.3. The smallest absolute Gasteiger partial charge is 0.0767 e. The lowest BCUT2D eigenvalue weighted by atomic mass is 10.0. The van der Waals surface area contributed by atoms with E-state index in [1.165, 1.54) is 11.3 Å². The topological polar surface area (TPSA) is 29.9 Å². The summed E-state index contributed by atoms with van der Waals surface area (Å²) in [4.78, 5) is 0. The molecule has 0 amide bonds. The summed E-state index contributed by atoms with van der Waals surface area (Å²) >= 11 is 3.68. The molecule has 2 aromatic rings. The Morgan fingerprint density at radius 3 is 2.38 bits per heavy atom. The zero-order chi connectivity index (χ0) is 15.4. The van der Waals surface area contributed by atoms with Gasteiger partial charge in [0.1, 0.15) is 0 Å². The molecule has 0 aliphatic heterocycles. The van der Waals surface area contributed by atoms with E-state index in [2.05, 4.69) is 83.0 Å². The Morgan fingerprint density at radius 2 is 1.86 bits per heavy atom. The fourth-order valence-electron chi connectivity index (χ4n) is 2.36. The second-order valence-electron chi connectivity index (χ2n) is 5.51. The highest BCUT2D eigenvalue weighted by Gasteiger charge is 2.13. The molecular weight excluding hydrogens is 326 g/mol. The van der Waals surface area contributed by atoms with E-state index in [0.29, 0.717) is 5.92 Å². The van der Waals surface area contributed by atoms with Crippen molar-refractivity contribution in [2.24, 2.45) is 0 Å². The molecule has 3 nitrogen and oxygen atoms in total. The van der Waals surface area contributed by atoms with Crippen LogP contribution in [0.4, 0.5) is 5.69 Å². The molecule has 0 aliphatic rings. The van der Waals surface area contributed by atoms with Crippen LogP contribution in [0, 0.1) is 0 Å². The zero-order valence-corrected chi connectivity index (χ0v) is 14.9. The molecule has 0 radical (unpaired) electrons. The third-order valence-electron chi connectivity index (χ3n) is 3.73. The summed E-state index contributed by atoms with van der Waals surface area (Å²) in [7, 11) is 0. The summed E-state index contributed by atoms with van der Waals surface area (Å²) in [6, 6.07) is 8.68. The van der Waals surface area contributed by atoms with Crippen molar-refractivity contribution >= 4 is 21.6 Å². The Balaban J connectivity index is 2.10. The minimum absolute atomic E-state index is 0.571. The summed E-state index contributed by atoms with van der Waals surface area (Å²) in [5.41, 5.74) is 4.85. The van der Waals surface area contributed by atoms with Crippen LogP contribution in [0.2, 0.25) is 0 Å². The molecular formula is C17H24BrN3. The van der Waals surface area contributed by atoms with Gasteiger partial charge in [-0.3, -0.25) is 4.68 Å². The minimum Gasteiger partial charge on any atom is -0.379 e. The number of aryl methyl sites for hydroxylation is 2. The van der Waals surface area contributed by atoms with Crippen molar-refractivity contribution in [2.45, 2.75) is 53.1 Å². The molecule has 0 spiro atoms. The van der Waals surface area contributed by atoms with Gasteiger partial charge in [0.2, 0.25) is 0 Å². The van der Waals surface area contributed by atoms with Gasteiger partial charge in [-0.2, -0.15) is 5.10 Å². The summed E-state index contributed by atoms with van der Waals surface area (Å²) in [6.45, 7) is 10.4. The summed E-state index contributed by atoms with van der Waals surface area (Å²) in [6.07, 6.45) is 0.948. The van der Waals surface area contributed by atoms with Crippen LogP contribution >= 0.6 is 15.9 Å². The van der Waals surface area contributed by atoms with E-state index < -0.39 is 0 Å². The standard InChI is InChI=1S/C17H24BrN3/c1-5-15-17(18)16(21(6-2)20-15)11-19-14-9-7-13(8-10-14)12(3)4/h7-10,12,19H,5-6,11H2,1-4H3. The van der Waals surface area contributed by atoms with Crippen molar-refractivity contribution in [3.05, 3.63) is 45.7 Å². The molecule has 1 heterocycles. The van der Waals surface area contributed by atoms with Crippen molar-refractivity contribution in [1.82, 2.24) is 9.78 Å². The number of halogens is 1. The van der Waals surface area contributed by atoms with Gasteiger partial charge in [0, 0.05) is 12.2 Å². The average Bonchev–Trinajstić information content (AvgIpc) is 2.81. The number of nitrogens with one attached hydrogen (secondary N) is 1. The number of anilines is 1. The van der Waals surface area contributed by atoms with E-state index >= 15 is 0 Å². The lowest BCUT2D eigenvalue weighted by Crippen LogP contribution is -2.08. The lowest BCUT2D eigenvalue weighted by Gasteiger charge is -2.10. The normalized spacial score (nSPS) is 11.1. The molecule has 1 aromatic heterocycles. The first kappa shape index (κ1) is 16.1. The van der Waals surface area contributed by atoms with Gasteiger partial charge in [-0.1, -0.05) is 32.9 Å². The Kier molecular flexibility index (Phi) is 5.45. The van der Waals surface area contributed by atoms with Crippen molar-refractivity contribution in [2.75, 3.05) is 5.32 Å². The van der Waals surface area contributed by atoms with Crippen LogP contribution < -0.4 is 5.32 Å². The van der Waals surface area contributed by atoms with Gasteiger partial charge in [0.25, 0.3) is 0 Å². The predicted octanol–water partition coefficient (Wildman–Crippen LogP) is 4.96. The van der Waals surface area contributed by atoms with E-state index in [0.717, 1.165) is 35.4 Å². The molecule has 2 rings (SSSR count). The van der Waals surface area contributed by atoms with E-state index in [4.69, 9.17) is 0 Å². The van der Waals surface area contributed by atoms with Gasteiger partial charge in [-0.05, 0) is 52.9 Å². The molecule has 21 heavy (non-hydrogen) atoms. The molecule has 1 aromatic carbocycles. The summed E-state index contributed by atoms with van der Waals surface area (Å²) in [5.74, 6) is 0.571. The van der Waals surface area contributed by atoms with E-state index in [1.807, 2.05) is 0 Å². The van der Waals surface area contributed by atoms with Crippen molar-refractivity contribution in [1.29, 1.82) is 0 Å². The predicted molar refractivity (Wildman–Crippen MR) is 92.8 cm³/mol. The van der Waals surface area contributed by atoms with E-state index in [9.17, 15) is 0 Å². The van der Waals surface area contributed by atoms with Crippen molar-refractivity contribution in [3.8, 4) is 0 Å². The first-order chi connectivity index (χ1) is 10.1. The first-order valence-corrected chi connectivity index (χ1v) is 8.44. The highest BCUT2D eigenvalue weighted by Crippen LogP contribution is 2.24. The van der Waals surface area contributed by atoms with Gasteiger partial charge >= 0.3 is 0 Å². The van der Waals surface area contributed by atoms with Crippen LogP contribution in [0.5, 0.6) is 0 Å². The highest BCUT2D eigenvalue weighted by molar-refractivity contribution is 9.10. The van der Waals surface area contributed by atoms with Crippen LogP contribution in [-0.2, 0) is 19.5 Å². The number of aromatic nitrogens is 2. The molecule has 0 fully saturated rings. The highest BCUT2D eigenvalue weighted by atomic mass is 79.9. The van der Waals surface area contributed by atoms with Crippen LogP contribution in [-0.4, -0.2) is 9.78 Å². The van der Waals surface area contributed by atoms with Crippen molar-refractivity contribution in [3.63, 3.8) is 0 Å². The number of benzene rings is 1. The lowest BCUT2D eigenvalue weighted by molar-refractivity contribution is 0.619. The second kappa shape index (κ2) is 7.12. The summed E-state index contributed by atoms with van der Waals surface area (Å²) < 4.78 is 3.21. The SMILES string of the molecule is CCc1nn(CC)c(CNc2ccc(C(C)C)cc2)c1Br. The number of rotatable bonds is 6. The molecule has 1 N–H and O–H groups in total.